The van der Waals surface area contributed by atoms with Crippen LogP contribution in [-0.2, 0) is 16.0 Å². The predicted molar refractivity (Wildman–Crippen MR) is 126 cm³/mol. The highest BCUT2D eigenvalue weighted by Crippen LogP contribution is 2.34. The summed E-state index contributed by atoms with van der Waals surface area (Å²) in [6.45, 7) is 3.62. The van der Waals surface area contributed by atoms with Gasteiger partial charge in [0.05, 0.1) is 21.3 Å². The van der Waals surface area contributed by atoms with E-state index < -0.39 is 11.1 Å². The number of non-ortho nitro benzene ring substituents is 1. The number of hydrogen-bond donors (Lipinski definition) is 1. The van der Waals surface area contributed by atoms with Crippen molar-refractivity contribution >= 4 is 56.8 Å². The van der Waals surface area contributed by atoms with E-state index in [-0.39, 0.29) is 18.4 Å². The number of anilines is 2. The summed E-state index contributed by atoms with van der Waals surface area (Å²) >= 11 is 7.59. The van der Waals surface area contributed by atoms with E-state index in [0.717, 1.165) is 15.8 Å². The molecule has 0 amide bonds. The molecule has 4 rings (SSSR count). The lowest BCUT2D eigenvalue weighted by atomic mass is 10.1. The summed E-state index contributed by atoms with van der Waals surface area (Å²) in [5.41, 5.74) is 0.796. The Morgan fingerprint density at radius 2 is 2.12 bits per heavy atom. The van der Waals surface area contributed by atoms with Crippen LogP contribution in [0.5, 0.6) is 0 Å². The molecule has 1 fully saturated rings. The number of fused-ring (bicyclic) bond motifs is 1. The fraction of sp³-hybridized carbons (Fsp3) is 0.381. The minimum atomic E-state index is -0.644. The van der Waals surface area contributed by atoms with Gasteiger partial charge in [-0.3, -0.25) is 10.1 Å². The van der Waals surface area contributed by atoms with E-state index in [2.05, 4.69) is 10.3 Å². The van der Waals surface area contributed by atoms with E-state index >= 15 is 0 Å². The van der Waals surface area contributed by atoms with E-state index in [9.17, 15) is 14.9 Å². The highest BCUT2D eigenvalue weighted by atomic mass is 35.5. The number of benzene rings is 1. The molecular formula is C21H22ClN5O5S. The molecule has 1 N–H and O–H groups in total. The number of thiophene rings is 1. The molecule has 0 atom stereocenters. The van der Waals surface area contributed by atoms with Crippen molar-refractivity contribution < 1.29 is 19.2 Å². The first-order valence-electron chi connectivity index (χ1n) is 10.5. The zero-order valence-corrected chi connectivity index (χ0v) is 19.4. The Morgan fingerprint density at radius 3 is 2.85 bits per heavy atom. The number of nitrogens with one attached hydrogen (secondary N) is 1. The van der Waals surface area contributed by atoms with Gasteiger partial charge in [-0.15, -0.1) is 11.3 Å². The molecule has 0 radical (unpaired) electrons. The van der Waals surface area contributed by atoms with E-state index in [4.69, 9.17) is 26.1 Å². The average Bonchev–Trinajstić information content (AvgIpc) is 3.18. The van der Waals surface area contributed by atoms with Crippen molar-refractivity contribution in [3.05, 3.63) is 50.3 Å². The maximum Gasteiger partial charge on any atom is 0.508 e. The molecule has 1 aromatic carbocycles. The van der Waals surface area contributed by atoms with Gasteiger partial charge in [0.25, 0.3) is 5.69 Å². The number of nitrogens with zero attached hydrogens (tertiary/aromatic N) is 4. The molecule has 0 unspecified atom stereocenters. The number of aromatic nitrogens is 2. The number of carbonyl (C=O) groups excluding carboxylic acids is 1. The normalized spacial score (nSPS) is 14.3. The van der Waals surface area contributed by atoms with Crippen LogP contribution in [0.3, 0.4) is 0 Å². The minimum Gasteiger partial charge on any atom is -0.435 e. The molecule has 2 aromatic heterocycles. The van der Waals surface area contributed by atoms with Crippen LogP contribution in [0.2, 0.25) is 4.34 Å². The first-order valence-corrected chi connectivity index (χ1v) is 11.6. The van der Waals surface area contributed by atoms with Crippen LogP contribution in [0, 0.1) is 10.1 Å². The first kappa shape index (κ1) is 23.0. The van der Waals surface area contributed by atoms with Crippen LogP contribution in [0.25, 0.3) is 10.2 Å². The van der Waals surface area contributed by atoms with E-state index in [0.29, 0.717) is 48.6 Å². The van der Waals surface area contributed by atoms with Gasteiger partial charge in [-0.05, 0) is 18.6 Å². The third-order valence-electron chi connectivity index (χ3n) is 5.18. The van der Waals surface area contributed by atoms with Crippen LogP contribution >= 0.6 is 22.9 Å². The molecule has 1 aliphatic rings. The molecule has 33 heavy (non-hydrogen) atoms. The standard InChI is InChI=1S/C21H22ClN5O5S/c1-2-31-21(28)32-15-6-8-26(9-7-15)20-24-18(16-11-17(22)33-19(16)25-20)23-12-13-4-3-5-14(10-13)27(29)30/h3-5,10-11,15H,2,6-9,12H2,1H3,(H,23,24,25). The Bertz CT molecular complexity index is 1170. The maximum atomic E-state index is 11.6. The molecule has 0 bridgehead atoms. The largest absolute Gasteiger partial charge is 0.508 e. The van der Waals surface area contributed by atoms with Crippen LogP contribution in [0.4, 0.5) is 22.2 Å². The number of hydrogen-bond acceptors (Lipinski definition) is 10. The van der Waals surface area contributed by atoms with Crippen molar-refractivity contribution in [3.63, 3.8) is 0 Å². The molecule has 12 heteroatoms. The van der Waals surface area contributed by atoms with Gasteiger partial charge >= 0.3 is 6.16 Å². The van der Waals surface area contributed by atoms with Gasteiger partial charge in [0.2, 0.25) is 5.95 Å². The molecule has 1 saturated heterocycles. The smallest absolute Gasteiger partial charge is 0.435 e. The number of carbonyl (C=O) groups is 1. The molecule has 0 saturated carbocycles. The average molecular weight is 492 g/mol. The minimum absolute atomic E-state index is 0.0364. The van der Waals surface area contributed by atoms with Crippen LogP contribution in [0.1, 0.15) is 25.3 Å². The summed E-state index contributed by atoms with van der Waals surface area (Å²) in [5.74, 6) is 1.16. The lowest BCUT2D eigenvalue weighted by Gasteiger charge is -2.31. The van der Waals surface area contributed by atoms with E-state index in [1.165, 1.54) is 23.5 Å². The molecule has 10 nitrogen and oxygen atoms in total. The molecular weight excluding hydrogens is 470 g/mol. The number of nitro benzene ring substituents is 1. The first-order chi connectivity index (χ1) is 15.9. The van der Waals surface area contributed by atoms with Crippen LogP contribution < -0.4 is 10.2 Å². The summed E-state index contributed by atoms with van der Waals surface area (Å²) in [6, 6.07) is 8.26. The number of rotatable bonds is 7. The second kappa shape index (κ2) is 10.2. The Morgan fingerprint density at radius 1 is 1.33 bits per heavy atom. The maximum absolute atomic E-state index is 11.6. The zero-order valence-electron chi connectivity index (χ0n) is 17.8. The molecule has 0 aliphatic carbocycles. The molecule has 174 valence electrons. The quantitative estimate of drug-likeness (QED) is 0.276. The van der Waals surface area contributed by atoms with Crippen molar-refractivity contribution in [2.24, 2.45) is 0 Å². The fourth-order valence-electron chi connectivity index (χ4n) is 3.58. The van der Waals surface area contributed by atoms with Crippen molar-refractivity contribution in [1.29, 1.82) is 0 Å². The van der Waals surface area contributed by atoms with Gasteiger partial charge in [-0.2, -0.15) is 4.98 Å². The Labute approximate surface area is 198 Å². The second-order valence-corrected chi connectivity index (χ2v) is 9.07. The summed E-state index contributed by atoms with van der Waals surface area (Å²) in [6.07, 6.45) is 0.435. The van der Waals surface area contributed by atoms with Crippen molar-refractivity contribution in [2.45, 2.75) is 32.4 Å². The monoisotopic (exact) mass is 491 g/mol. The van der Waals surface area contributed by atoms with Gasteiger partial charge in [-0.1, -0.05) is 23.7 Å². The Hall–Kier alpha value is -3.18. The second-order valence-electron chi connectivity index (χ2n) is 7.41. The molecule has 3 heterocycles. The Balaban J connectivity index is 1.50. The van der Waals surface area contributed by atoms with Crippen molar-refractivity contribution in [3.8, 4) is 0 Å². The van der Waals surface area contributed by atoms with E-state index in [1.54, 1.807) is 19.1 Å². The number of halogens is 1. The van der Waals surface area contributed by atoms with Crippen LogP contribution in [0.15, 0.2) is 30.3 Å². The topological polar surface area (TPSA) is 120 Å². The van der Waals surface area contributed by atoms with Crippen LogP contribution in [-0.4, -0.2) is 46.8 Å². The lowest BCUT2D eigenvalue weighted by molar-refractivity contribution is -0.384. The number of ether oxygens (including phenoxy) is 2. The van der Waals surface area contributed by atoms with Gasteiger partial charge in [-0.25, -0.2) is 9.78 Å². The fourth-order valence-corrected chi connectivity index (χ4v) is 4.67. The van der Waals surface area contributed by atoms with E-state index in [1.807, 2.05) is 11.0 Å². The Kier molecular flexibility index (Phi) is 7.09. The van der Waals surface area contributed by atoms with Crippen molar-refractivity contribution in [2.75, 3.05) is 29.9 Å². The third kappa shape index (κ3) is 5.60. The summed E-state index contributed by atoms with van der Waals surface area (Å²) in [4.78, 5) is 34.4. The highest BCUT2D eigenvalue weighted by Gasteiger charge is 2.25. The number of nitro groups is 1. The SMILES string of the molecule is CCOC(=O)OC1CCN(c2nc(NCc3cccc([N+](=O)[O-])c3)c3cc(Cl)sc3n2)CC1. The predicted octanol–water partition coefficient (Wildman–Crippen LogP) is 5.01. The molecule has 3 aromatic rings. The zero-order chi connectivity index (χ0) is 23.4. The van der Waals surface area contributed by atoms with Gasteiger partial charge in [0, 0.05) is 44.6 Å². The van der Waals surface area contributed by atoms with Gasteiger partial charge < -0.3 is 19.7 Å². The summed E-state index contributed by atoms with van der Waals surface area (Å²) in [7, 11) is 0. The molecule has 0 spiro atoms. The van der Waals surface area contributed by atoms with Crippen molar-refractivity contribution in [1.82, 2.24) is 9.97 Å². The third-order valence-corrected chi connectivity index (χ3v) is 6.34. The highest BCUT2D eigenvalue weighted by molar-refractivity contribution is 7.22. The van der Waals surface area contributed by atoms with Gasteiger partial charge in [0.1, 0.15) is 16.8 Å². The summed E-state index contributed by atoms with van der Waals surface area (Å²) in [5, 5.41) is 15.1. The van der Waals surface area contributed by atoms with Gasteiger partial charge in [0.15, 0.2) is 0 Å². The number of piperidine rings is 1. The molecule has 1 aliphatic heterocycles. The lowest BCUT2D eigenvalue weighted by Crippen LogP contribution is -2.39. The summed E-state index contributed by atoms with van der Waals surface area (Å²) < 4.78 is 10.8.